The molecule has 1 aliphatic rings. The van der Waals surface area contributed by atoms with E-state index < -0.39 is 28.3 Å². The van der Waals surface area contributed by atoms with Gasteiger partial charge in [0, 0.05) is 6.04 Å². The van der Waals surface area contributed by atoms with Crippen LogP contribution in [0, 0.1) is 0 Å². The molecule has 0 spiro atoms. The van der Waals surface area contributed by atoms with Gasteiger partial charge in [-0.3, -0.25) is 0 Å². The average molecular weight is 313 g/mol. The van der Waals surface area contributed by atoms with Crippen molar-refractivity contribution in [2.24, 2.45) is 0 Å². The van der Waals surface area contributed by atoms with Gasteiger partial charge in [0.1, 0.15) is 0 Å². The molecule has 1 saturated carbocycles. The highest BCUT2D eigenvalue weighted by Crippen LogP contribution is 2.21. The molecule has 1 aromatic carbocycles. The molecule has 6 heteroatoms. The van der Waals surface area contributed by atoms with Crippen LogP contribution < -0.4 is 4.72 Å². The van der Waals surface area contributed by atoms with Crippen LogP contribution in [0.25, 0.3) is 0 Å². The Labute approximate surface area is 126 Å². The third-order valence-corrected chi connectivity index (χ3v) is 5.42. The molecule has 118 valence electrons. The minimum atomic E-state index is -3.69. The number of sulfonamides is 1. The van der Waals surface area contributed by atoms with Gasteiger partial charge in [0.2, 0.25) is 10.0 Å². The van der Waals surface area contributed by atoms with Gasteiger partial charge in [-0.15, -0.1) is 0 Å². The van der Waals surface area contributed by atoms with Gasteiger partial charge in [-0.05, 0) is 37.5 Å². The molecule has 2 rings (SSSR count). The van der Waals surface area contributed by atoms with Crippen LogP contribution in [0.1, 0.15) is 50.7 Å². The number of hydrogen-bond acceptors (Lipinski definition) is 4. The number of hydrogen-bond donors (Lipinski definition) is 3. The van der Waals surface area contributed by atoms with Crippen molar-refractivity contribution in [3.8, 4) is 0 Å². The van der Waals surface area contributed by atoms with Crippen LogP contribution >= 0.6 is 0 Å². The first-order valence-electron chi connectivity index (χ1n) is 7.38. The first-order chi connectivity index (χ1) is 9.90. The fourth-order valence-corrected chi connectivity index (χ4v) is 3.99. The van der Waals surface area contributed by atoms with Crippen LogP contribution in [0.3, 0.4) is 0 Å². The lowest BCUT2D eigenvalue weighted by atomic mass is 10.1. The molecule has 0 aromatic heterocycles. The van der Waals surface area contributed by atoms with E-state index in [4.69, 9.17) is 0 Å². The largest absolute Gasteiger partial charge is 0.391 e. The van der Waals surface area contributed by atoms with Gasteiger partial charge in [-0.2, -0.15) is 0 Å². The van der Waals surface area contributed by atoms with Crippen molar-refractivity contribution in [1.29, 1.82) is 0 Å². The quantitative estimate of drug-likeness (QED) is 0.739. The lowest BCUT2D eigenvalue weighted by Gasteiger charge is -2.21. The Morgan fingerprint density at radius 3 is 2.67 bits per heavy atom. The van der Waals surface area contributed by atoms with Crippen molar-refractivity contribution in [2.45, 2.75) is 62.2 Å². The monoisotopic (exact) mass is 313 g/mol. The van der Waals surface area contributed by atoms with E-state index >= 15 is 0 Å². The van der Waals surface area contributed by atoms with E-state index in [2.05, 4.69) is 4.72 Å². The van der Waals surface area contributed by atoms with Crippen molar-refractivity contribution >= 4 is 10.0 Å². The topological polar surface area (TPSA) is 86.6 Å². The summed E-state index contributed by atoms with van der Waals surface area (Å²) in [7, 11) is -3.69. The lowest BCUT2D eigenvalue weighted by Crippen LogP contribution is -2.42. The molecule has 1 fully saturated rings. The summed E-state index contributed by atoms with van der Waals surface area (Å²) >= 11 is 0. The molecule has 5 nitrogen and oxygen atoms in total. The zero-order valence-electron chi connectivity index (χ0n) is 12.2. The first-order valence-corrected chi connectivity index (χ1v) is 8.87. The van der Waals surface area contributed by atoms with Crippen LogP contribution in [-0.2, 0) is 10.0 Å². The van der Waals surface area contributed by atoms with Gasteiger partial charge in [0.15, 0.2) is 0 Å². The Balaban J connectivity index is 2.19. The van der Waals surface area contributed by atoms with E-state index in [1.807, 2.05) is 0 Å². The molecule has 1 aromatic rings. The molecule has 0 saturated heterocycles. The molecule has 3 atom stereocenters. The summed E-state index contributed by atoms with van der Waals surface area (Å²) in [6.07, 6.45) is 2.78. The normalized spacial score (nSPS) is 25.3. The standard InChI is InChI=1S/C15H23NO4S/c1-11(17)12-6-5-7-13(10-12)21(19,20)16-14-8-3-2-4-9-15(14)18/h5-7,10-11,14-18H,2-4,8-9H2,1H3. The predicted octanol–water partition coefficient (Wildman–Crippen LogP) is 1.71. The van der Waals surface area contributed by atoms with Crippen LogP contribution in [0.2, 0.25) is 0 Å². The molecule has 3 N–H and O–H groups in total. The molecular weight excluding hydrogens is 290 g/mol. The Kier molecular flexibility index (Phi) is 5.37. The van der Waals surface area contributed by atoms with Gasteiger partial charge in [-0.25, -0.2) is 13.1 Å². The second-order valence-electron chi connectivity index (χ2n) is 5.68. The zero-order valence-corrected chi connectivity index (χ0v) is 13.0. The fourth-order valence-electron chi connectivity index (χ4n) is 2.63. The second kappa shape index (κ2) is 6.87. The van der Waals surface area contributed by atoms with Crippen molar-refractivity contribution in [3.05, 3.63) is 29.8 Å². The maximum atomic E-state index is 12.4. The summed E-state index contributed by atoms with van der Waals surface area (Å²) in [6, 6.07) is 5.82. The third-order valence-electron chi connectivity index (χ3n) is 3.94. The SMILES string of the molecule is CC(O)c1cccc(S(=O)(=O)NC2CCCCCC2O)c1. The molecule has 0 radical (unpaired) electrons. The van der Waals surface area contributed by atoms with Crippen molar-refractivity contribution in [1.82, 2.24) is 4.72 Å². The zero-order chi connectivity index (χ0) is 15.5. The van der Waals surface area contributed by atoms with E-state index in [-0.39, 0.29) is 4.90 Å². The molecule has 0 aliphatic heterocycles. The molecule has 1 aliphatic carbocycles. The number of aliphatic hydroxyl groups excluding tert-OH is 2. The van der Waals surface area contributed by atoms with Gasteiger partial charge in [-0.1, -0.05) is 31.4 Å². The summed E-state index contributed by atoms with van der Waals surface area (Å²) in [6.45, 7) is 1.59. The van der Waals surface area contributed by atoms with Crippen LogP contribution in [0.15, 0.2) is 29.2 Å². The predicted molar refractivity (Wildman–Crippen MR) is 80.3 cm³/mol. The second-order valence-corrected chi connectivity index (χ2v) is 7.40. The van der Waals surface area contributed by atoms with E-state index in [0.29, 0.717) is 18.4 Å². The molecular formula is C15H23NO4S. The highest BCUT2D eigenvalue weighted by molar-refractivity contribution is 7.89. The first kappa shape index (κ1) is 16.4. The van der Waals surface area contributed by atoms with Crippen molar-refractivity contribution in [2.75, 3.05) is 0 Å². The van der Waals surface area contributed by atoms with Crippen molar-refractivity contribution in [3.63, 3.8) is 0 Å². The van der Waals surface area contributed by atoms with E-state index in [1.54, 1.807) is 19.1 Å². The molecule has 0 heterocycles. The maximum absolute atomic E-state index is 12.4. The fraction of sp³-hybridized carbons (Fsp3) is 0.600. The van der Waals surface area contributed by atoms with Crippen LogP contribution in [0.5, 0.6) is 0 Å². The summed E-state index contributed by atoms with van der Waals surface area (Å²) in [5.74, 6) is 0. The average Bonchev–Trinajstić information content (AvgIpc) is 2.64. The lowest BCUT2D eigenvalue weighted by molar-refractivity contribution is 0.130. The Hall–Kier alpha value is -0.950. The van der Waals surface area contributed by atoms with E-state index in [9.17, 15) is 18.6 Å². The highest BCUT2D eigenvalue weighted by Gasteiger charge is 2.27. The van der Waals surface area contributed by atoms with Gasteiger partial charge in [0.25, 0.3) is 0 Å². The smallest absolute Gasteiger partial charge is 0.240 e. The number of rotatable bonds is 4. The molecule has 21 heavy (non-hydrogen) atoms. The minimum Gasteiger partial charge on any atom is -0.391 e. The van der Waals surface area contributed by atoms with Crippen LogP contribution in [0.4, 0.5) is 0 Å². The maximum Gasteiger partial charge on any atom is 0.240 e. The summed E-state index contributed by atoms with van der Waals surface area (Å²) in [5, 5.41) is 19.6. The van der Waals surface area contributed by atoms with Gasteiger partial charge < -0.3 is 10.2 Å². The summed E-state index contributed by atoms with van der Waals surface area (Å²) < 4.78 is 27.5. The number of aliphatic hydroxyl groups is 2. The van der Waals surface area contributed by atoms with Crippen molar-refractivity contribution < 1.29 is 18.6 Å². The van der Waals surface area contributed by atoms with Crippen LogP contribution in [-0.4, -0.2) is 30.8 Å². The van der Waals surface area contributed by atoms with Gasteiger partial charge in [0.05, 0.1) is 17.1 Å². The minimum absolute atomic E-state index is 0.123. The number of nitrogens with one attached hydrogen (secondary N) is 1. The van der Waals surface area contributed by atoms with E-state index in [1.165, 1.54) is 12.1 Å². The molecule has 3 unspecified atom stereocenters. The highest BCUT2D eigenvalue weighted by atomic mass is 32.2. The summed E-state index contributed by atoms with van der Waals surface area (Å²) in [4.78, 5) is 0.123. The molecule has 0 bridgehead atoms. The third kappa shape index (κ3) is 4.26. The summed E-state index contributed by atoms with van der Waals surface area (Å²) in [5.41, 5.74) is 0.555. The Morgan fingerprint density at radius 2 is 1.95 bits per heavy atom. The van der Waals surface area contributed by atoms with E-state index in [0.717, 1.165) is 19.3 Å². The van der Waals surface area contributed by atoms with Gasteiger partial charge >= 0.3 is 0 Å². The number of benzene rings is 1. The molecule has 0 amide bonds. The Bertz CT molecular complexity index is 571. The Morgan fingerprint density at radius 1 is 1.24 bits per heavy atom.